The quantitative estimate of drug-likeness (QED) is 0.658. The molecule has 0 radical (unpaired) electrons. The van der Waals surface area contributed by atoms with Crippen molar-refractivity contribution in [3.8, 4) is 5.00 Å². The Morgan fingerprint density at radius 2 is 2.04 bits per heavy atom. The number of hydrogen-bond acceptors (Lipinski definition) is 6. The molecule has 0 saturated carbocycles. The molecule has 3 aromatic rings. The summed E-state index contributed by atoms with van der Waals surface area (Å²) in [7, 11) is 0. The third-order valence-electron chi connectivity index (χ3n) is 4.73. The largest absolute Gasteiger partial charge is 0.449 e. The molecule has 1 aliphatic carbocycles. The Bertz CT molecular complexity index is 1000. The van der Waals surface area contributed by atoms with Crippen LogP contribution in [0.25, 0.3) is 5.00 Å². The van der Waals surface area contributed by atoms with Gasteiger partial charge in [-0.2, -0.15) is 0 Å². The summed E-state index contributed by atoms with van der Waals surface area (Å²) in [5, 5.41) is 7.17. The molecule has 0 aliphatic heterocycles. The van der Waals surface area contributed by atoms with Crippen LogP contribution in [0.3, 0.4) is 0 Å². The maximum Gasteiger partial charge on any atom is 0.342 e. The Kier molecular flexibility index (Phi) is 5.04. The predicted octanol–water partition coefficient (Wildman–Crippen LogP) is 3.90. The monoisotopic (exact) mass is 399 g/mol. The number of nitrogens with one attached hydrogen (secondary N) is 1. The number of esters is 1. The SMILES string of the molecule is Cc1cc(NC(=O)C(C)OC(=O)c2c(-n3cccc3)sc3c2CCCC3)no1. The number of anilines is 1. The van der Waals surface area contributed by atoms with Gasteiger partial charge in [-0.15, -0.1) is 11.3 Å². The van der Waals surface area contributed by atoms with E-state index in [2.05, 4.69) is 10.5 Å². The van der Waals surface area contributed by atoms with Crippen molar-refractivity contribution in [1.82, 2.24) is 9.72 Å². The van der Waals surface area contributed by atoms with Gasteiger partial charge in [0.2, 0.25) is 0 Å². The first kappa shape index (κ1) is 18.5. The smallest absolute Gasteiger partial charge is 0.342 e. The molecule has 7 nitrogen and oxygen atoms in total. The second kappa shape index (κ2) is 7.63. The molecule has 0 spiro atoms. The number of rotatable bonds is 5. The summed E-state index contributed by atoms with van der Waals surface area (Å²) in [5.74, 6) is -0.0390. The maximum absolute atomic E-state index is 13.0. The van der Waals surface area contributed by atoms with Crippen molar-refractivity contribution in [3.63, 3.8) is 0 Å². The number of aromatic nitrogens is 2. The summed E-state index contributed by atoms with van der Waals surface area (Å²) in [6.07, 6.45) is 6.88. The number of hydrogen-bond donors (Lipinski definition) is 1. The molecule has 146 valence electrons. The molecule has 3 aromatic heterocycles. The lowest BCUT2D eigenvalue weighted by atomic mass is 9.95. The predicted molar refractivity (Wildman–Crippen MR) is 105 cm³/mol. The number of ether oxygens (including phenoxy) is 1. The van der Waals surface area contributed by atoms with Crippen molar-refractivity contribution in [2.24, 2.45) is 0 Å². The number of carbonyl (C=O) groups is 2. The van der Waals surface area contributed by atoms with Crippen molar-refractivity contribution in [2.75, 3.05) is 5.32 Å². The van der Waals surface area contributed by atoms with Crippen molar-refractivity contribution in [2.45, 2.75) is 45.6 Å². The van der Waals surface area contributed by atoms with Gasteiger partial charge in [-0.3, -0.25) is 4.79 Å². The lowest BCUT2D eigenvalue weighted by Crippen LogP contribution is -2.30. The molecule has 4 rings (SSSR count). The maximum atomic E-state index is 13.0. The van der Waals surface area contributed by atoms with E-state index in [0.29, 0.717) is 17.1 Å². The number of carbonyl (C=O) groups excluding carboxylic acids is 2. The second-order valence-corrected chi connectivity index (χ2v) is 7.92. The minimum Gasteiger partial charge on any atom is -0.449 e. The van der Waals surface area contributed by atoms with E-state index >= 15 is 0 Å². The van der Waals surface area contributed by atoms with Gasteiger partial charge in [0.1, 0.15) is 10.8 Å². The van der Waals surface area contributed by atoms with Gasteiger partial charge >= 0.3 is 5.97 Å². The Morgan fingerprint density at radius 3 is 2.75 bits per heavy atom. The van der Waals surface area contributed by atoms with E-state index in [1.54, 1.807) is 31.3 Å². The Balaban J connectivity index is 1.55. The summed E-state index contributed by atoms with van der Waals surface area (Å²) >= 11 is 1.63. The fraction of sp³-hybridized carbons (Fsp3) is 0.350. The van der Waals surface area contributed by atoms with Crippen LogP contribution in [-0.4, -0.2) is 27.7 Å². The van der Waals surface area contributed by atoms with Crippen LogP contribution >= 0.6 is 11.3 Å². The fourth-order valence-electron chi connectivity index (χ4n) is 3.34. The zero-order valence-electron chi connectivity index (χ0n) is 15.7. The Morgan fingerprint density at radius 1 is 1.29 bits per heavy atom. The first-order chi connectivity index (χ1) is 13.5. The summed E-state index contributed by atoms with van der Waals surface area (Å²) in [5.41, 5.74) is 1.64. The summed E-state index contributed by atoms with van der Waals surface area (Å²) in [6.45, 7) is 3.28. The molecule has 1 N–H and O–H groups in total. The van der Waals surface area contributed by atoms with Crippen LogP contribution in [0, 0.1) is 6.92 Å². The molecule has 0 saturated heterocycles. The van der Waals surface area contributed by atoms with E-state index in [1.165, 1.54) is 4.88 Å². The average Bonchev–Trinajstić information content (AvgIpc) is 3.40. The van der Waals surface area contributed by atoms with Crippen LogP contribution in [0.1, 0.15) is 46.3 Å². The van der Waals surface area contributed by atoms with E-state index in [1.807, 2.05) is 29.1 Å². The first-order valence-electron chi connectivity index (χ1n) is 9.26. The van der Waals surface area contributed by atoms with Crippen LogP contribution in [0.2, 0.25) is 0 Å². The van der Waals surface area contributed by atoms with Crippen molar-refractivity contribution in [3.05, 3.63) is 52.4 Å². The summed E-state index contributed by atoms with van der Waals surface area (Å²) in [6, 6.07) is 5.44. The van der Waals surface area contributed by atoms with Crippen molar-refractivity contribution >= 4 is 29.0 Å². The van der Waals surface area contributed by atoms with Gasteiger partial charge < -0.3 is 19.1 Å². The highest BCUT2D eigenvalue weighted by molar-refractivity contribution is 7.15. The van der Waals surface area contributed by atoms with Gasteiger partial charge in [-0.1, -0.05) is 5.16 Å². The third-order valence-corrected chi connectivity index (χ3v) is 6.03. The Labute approximate surface area is 166 Å². The van der Waals surface area contributed by atoms with E-state index in [0.717, 1.165) is 36.2 Å². The second-order valence-electron chi connectivity index (χ2n) is 6.84. The molecule has 1 atom stereocenters. The van der Waals surface area contributed by atoms with Crippen LogP contribution in [0.4, 0.5) is 5.82 Å². The minimum atomic E-state index is -0.957. The van der Waals surface area contributed by atoms with E-state index < -0.39 is 18.0 Å². The number of aryl methyl sites for hydroxylation is 2. The van der Waals surface area contributed by atoms with Crippen LogP contribution in [0.5, 0.6) is 0 Å². The third kappa shape index (κ3) is 3.60. The molecule has 1 unspecified atom stereocenters. The van der Waals surface area contributed by atoms with E-state index in [-0.39, 0.29) is 0 Å². The number of thiophene rings is 1. The molecule has 0 bridgehead atoms. The molecular formula is C20H21N3O4S. The average molecular weight is 399 g/mol. The normalized spacial score (nSPS) is 14.4. The van der Waals surface area contributed by atoms with Gasteiger partial charge in [0.15, 0.2) is 11.9 Å². The lowest BCUT2D eigenvalue weighted by Gasteiger charge is -2.15. The zero-order valence-corrected chi connectivity index (χ0v) is 16.5. The topological polar surface area (TPSA) is 86.4 Å². The van der Waals surface area contributed by atoms with Gasteiger partial charge in [-0.25, -0.2) is 4.79 Å². The highest BCUT2D eigenvalue weighted by Crippen LogP contribution is 2.37. The van der Waals surface area contributed by atoms with Gasteiger partial charge in [0.05, 0.1) is 5.56 Å². The lowest BCUT2D eigenvalue weighted by molar-refractivity contribution is -0.123. The number of amides is 1. The highest BCUT2D eigenvalue weighted by atomic mass is 32.1. The molecule has 0 aromatic carbocycles. The summed E-state index contributed by atoms with van der Waals surface area (Å²) in [4.78, 5) is 26.6. The fourth-order valence-corrected chi connectivity index (χ4v) is 4.68. The van der Waals surface area contributed by atoms with E-state index in [4.69, 9.17) is 9.26 Å². The molecule has 3 heterocycles. The van der Waals surface area contributed by atoms with Crippen molar-refractivity contribution < 1.29 is 18.8 Å². The number of fused-ring (bicyclic) bond motifs is 1. The van der Waals surface area contributed by atoms with Crippen molar-refractivity contribution in [1.29, 1.82) is 0 Å². The van der Waals surface area contributed by atoms with Crippen LogP contribution in [0.15, 0.2) is 35.1 Å². The van der Waals surface area contributed by atoms with Gasteiger partial charge in [0, 0.05) is 23.3 Å². The van der Waals surface area contributed by atoms with Gasteiger partial charge in [0.25, 0.3) is 5.91 Å². The Hall–Kier alpha value is -2.87. The standard InChI is InChI=1S/C20H21N3O4S/c1-12-11-16(22-27-12)21-18(24)13(2)26-20(25)17-14-7-3-4-8-15(14)28-19(17)23-9-5-6-10-23/h5-6,9-11,13H,3-4,7-8H2,1-2H3,(H,21,22,24). The highest BCUT2D eigenvalue weighted by Gasteiger charge is 2.29. The van der Waals surface area contributed by atoms with Crippen LogP contribution < -0.4 is 5.32 Å². The minimum absolute atomic E-state index is 0.298. The van der Waals surface area contributed by atoms with Crippen LogP contribution in [-0.2, 0) is 22.4 Å². The molecule has 1 aliphatic rings. The molecule has 0 fully saturated rings. The first-order valence-corrected chi connectivity index (χ1v) is 10.1. The molecule has 8 heteroatoms. The number of nitrogens with zero attached hydrogens (tertiary/aromatic N) is 2. The molecule has 28 heavy (non-hydrogen) atoms. The molecule has 1 amide bonds. The zero-order chi connectivity index (χ0) is 19.7. The molecular weight excluding hydrogens is 378 g/mol. The van der Waals surface area contributed by atoms with E-state index in [9.17, 15) is 9.59 Å². The summed E-state index contributed by atoms with van der Waals surface area (Å²) < 4.78 is 12.4. The van der Waals surface area contributed by atoms with Gasteiger partial charge in [-0.05, 0) is 57.2 Å².